The summed E-state index contributed by atoms with van der Waals surface area (Å²) in [5, 5.41) is 0. The molecule has 2 amide bonds. The zero-order valence-corrected chi connectivity index (χ0v) is 11.3. The van der Waals surface area contributed by atoms with E-state index in [1.54, 1.807) is 14.1 Å². The second-order valence-electron chi connectivity index (χ2n) is 4.55. The molecule has 1 saturated carbocycles. The highest BCUT2D eigenvalue weighted by molar-refractivity contribution is 7.80. The molecular formula is C11H19N3O2S. The molecule has 1 fully saturated rings. The standard InChI is InChI=1S/C11H19N3O2S/c1-4-14(7-8(15)13(2)3)10(16)11(5-6-11)9(12)17/h4-7H2,1-3H3,(H2,12,17). The van der Waals surface area contributed by atoms with Crippen LogP contribution in [0.4, 0.5) is 0 Å². The number of nitrogens with two attached hydrogens (primary N) is 1. The van der Waals surface area contributed by atoms with Crippen molar-refractivity contribution in [2.24, 2.45) is 11.1 Å². The molecule has 0 spiro atoms. The zero-order chi connectivity index (χ0) is 13.2. The Labute approximate surface area is 107 Å². The lowest BCUT2D eigenvalue weighted by Gasteiger charge is -2.26. The third-order valence-corrected chi connectivity index (χ3v) is 3.52. The monoisotopic (exact) mass is 257 g/mol. The Kier molecular flexibility index (Phi) is 4.08. The van der Waals surface area contributed by atoms with Gasteiger partial charge < -0.3 is 15.5 Å². The molecule has 1 aliphatic carbocycles. The molecule has 0 atom stereocenters. The van der Waals surface area contributed by atoms with Gasteiger partial charge in [-0.1, -0.05) is 12.2 Å². The predicted octanol–water partition coefficient (Wildman–Crippen LogP) is -0.0106. The normalized spacial score (nSPS) is 16.2. The number of hydrogen-bond acceptors (Lipinski definition) is 3. The second kappa shape index (κ2) is 5.00. The minimum absolute atomic E-state index is 0.0900. The lowest BCUT2D eigenvalue weighted by Crippen LogP contribution is -2.46. The van der Waals surface area contributed by atoms with Gasteiger partial charge in [0.15, 0.2) is 0 Å². The van der Waals surface area contributed by atoms with E-state index in [0.717, 1.165) is 0 Å². The Morgan fingerprint density at radius 2 is 1.88 bits per heavy atom. The molecule has 0 bridgehead atoms. The third kappa shape index (κ3) is 2.74. The molecule has 0 aromatic carbocycles. The Morgan fingerprint density at radius 1 is 1.35 bits per heavy atom. The van der Waals surface area contributed by atoms with Gasteiger partial charge >= 0.3 is 0 Å². The summed E-state index contributed by atoms with van der Waals surface area (Å²) < 4.78 is 0. The Bertz CT molecular complexity index is 351. The fourth-order valence-corrected chi connectivity index (χ4v) is 1.92. The maximum absolute atomic E-state index is 12.2. The topological polar surface area (TPSA) is 66.6 Å². The van der Waals surface area contributed by atoms with Crippen molar-refractivity contribution in [3.05, 3.63) is 0 Å². The molecule has 0 heterocycles. The molecule has 1 aliphatic rings. The summed E-state index contributed by atoms with van der Waals surface area (Å²) in [5.41, 5.74) is 4.94. The van der Waals surface area contributed by atoms with E-state index >= 15 is 0 Å². The van der Waals surface area contributed by atoms with Gasteiger partial charge in [0.05, 0.1) is 16.9 Å². The van der Waals surface area contributed by atoms with E-state index in [-0.39, 0.29) is 23.3 Å². The van der Waals surface area contributed by atoms with Crippen molar-refractivity contribution in [1.82, 2.24) is 9.80 Å². The van der Waals surface area contributed by atoms with Gasteiger partial charge in [0.25, 0.3) is 0 Å². The molecule has 1 rings (SSSR count). The van der Waals surface area contributed by atoms with Gasteiger partial charge in [-0.25, -0.2) is 0 Å². The van der Waals surface area contributed by atoms with Crippen molar-refractivity contribution < 1.29 is 9.59 Å². The second-order valence-corrected chi connectivity index (χ2v) is 4.99. The molecule has 96 valence electrons. The summed E-state index contributed by atoms with van der Waals surface area (Å²) >= 11 is 4.94. The van der Waals surface area contributed by atoms with Gasteiger partial charge in [-0.3, -0.25) is 9.59 Å². The van der Waals surface area contributed by atoms with Crippen LogP contribution in [-0.4, -0.2) is 53.8 Å². The molecule has 0 radical (unpaired) electrons. The predicted molar refractivity (Wildman–Crippen MR) is 69.4 cm³/mol. The highest BCUT2D eigenvalue weighted by Gasteiger charge is 2.54. The fourth-order valence-electron chi connectivity index (χ4n) is 1.63. The number of likely N-dealkylation sites (N-methyl/N-ethyl adjacent to an activating group) is 2. The number of carbonyl (C=O) groups excluding carboxylic acids is 2. The van der Waals surface area contributed by atoms with Crippen molar-refractivity contribution in [2.45, 2.75) is 19.8 Å². The van der Waals surface area contributed by atoms with Gasteiger partial charge in [0.1, 0.15) is 0 Å². The molecule has 17 heavy (non-hydrogen) atoms. The smallest absolute Gasteiger partial charge is 0.241 e. The van der Waals surface area contributed by atoms with Crippen LogP contribution in [0.25, 0.3) is 0 Å². The van der Waals surface area contributed by atoms with E-state index in [9.17, 15) is 9.59 Å². The molecule has 0 aliphatic heterocycles. The first-order valence-electron chi connectivity index (χ1n) is 5.64. The van der Waals surface area contributed by atoms with Gasteiger partial charge in [0.2, 0.25) is 11.8 Å². The highest BCUT2D eigenvalue weighted by atomic mass is 32.1. The van der Waals surface area contributed by atoms with E-state index < -0.39 is 5.41 Å². The van der Waals surface area contributed by atoms with Crippen molar-refractivity contribution in [3.63, 3.8) is 0 Å². The SMILES string of the molecule is CCN(CC(=O)N(C)C)C(=O)C1(C(N)=S)CC1. The van der Waals surface area contributed by atoms with Gasteiger partial charge in [-0.2, -0.15) is 0 Å². The Balaban J connectivity index is 2.72. The van der Waals surface area contributed by atoms with Crippen LogP contribution < -0.4 is 5.73 Å². The number of carbonyl (C=O) groups is 2. The average Bonchev–Trinajstić information content (AvgIpc) is 3.05. The van der Waals surface area contributed by atoms with Crippen LogP contribution in [0, 0.1) is 5.41 Å². The molecular weight excluding hydrogens is 238 g/mol. The first-order chi connectivity index (χ1) is 7.85. The molecule has 0 aromatic rings. The first-order valence-corrected chi connectivity index (χ1v) is 6.05. The van der Waals surface area contributed by atoms with Crippen LogP contribution >= 0.6 is 12.2 Å². The fraction of sp³-hybridized carbons (Fsp3) is 0.727. The quantitative estimate of drug-likeness (QED) is 0.703. The van der Waals surface area contributed by atoms with E-state index in [4.69, 9.17) is 18.0 Å². The van der Waals surface area contributed by atoms with Crippen molar-refractivity contribution in [3.8, 4) is 0 Å². The largest absolute Gasteiger partial charge is 0.392 e. The van der Waals surface area contributed by atoms with Crippen molar-refractivity contribution in [2.75, 3.05) is 27.2 Å². The van der Waals surface area contributed by atoms with Gasteiger partial charge in [-0.05, 0) is 19.8 Å². The Hall–Kier alpha value is -1.17. The van der Waals surface area contributed by atoms with E-state index in [2.05, 4.69) is 0 Å². The van der Waals surface area contributed by atoms with Crippen LogP contribution in [0.5, 0.6) is 0 Å². The number of rotatable bonds is 5. The molecule has 6 heteroatoms. The lowest BCUT2D eigenvalue weighted by molar-refractivity contribution is -0.141. The summed E-state index contributed by atoms with van der Waals surface area (Å²) in [4.78, 5) is 27.1. The van der Waals surface area contributed by atoms with E-state index in [1.165, 1.54) is 9.80 Å². The number of hydrogen-bond donors (Lipinski definition) is 1. The summed E-state index contributed by atoms with van der Waals surface area (Å²) in [6, 6.07) is 0. The lowest BCUT2D eigenvalue weighted by atomic mass is 10.1. The maximum atomic E-state index is 12.2. The molecule has 0 saturated heterocycles. The number of thiocarbonyl (C=S) groups is 1. The van der Waals surface area contributed by atoms with Crippen LogP contribution in [0.3, 0.4) is 0 Å². The van der Waals surface area contributed by atoms with Crippen molar-refractivity contribution in [1.29, 1.82) is 0 Å². The maximum Gasteiger partial charge on any atom is 0.241 e. The molecule has 0 unspecified atom stereocenters. The summed E-state index contributed by atoms with van der Waals surface area (Å²) in [6.07, 6.45) is 1.40. The van der Waals surface area contributed by atoms with Gasteiger partial charge in [-0.15, -0.1) is 0 Å². The Morgan fingerprint density at radius 3 is 2.18 bits per heavy atom. The minimum Gasteiger partial charge on any atom is -0.392 e. The number of amides is 2. The first kappa shape index (κ1) is 13.9. The molecule has 5 nitrogen and oxygen atoms in total. The van der Waals surface area contributed by atoms with Gasteiger partial charge in [0, 0.05) is 20.6 Å². The van der Waals surface area contributed by atoms with E-state index in [1.807, 2.05) is 6.92 Å². The summed E-state index contributed by atoms with van der Waals surface area (Å²) in [7, 11) is 3.34. The molecule has 2 N–H and O–H groups in total. The summed E-state index contributed by atoms with van der Waals surface area (Å²) in [6.45, 7) is 2.42. The van der Waals surface area contributed by atoms with Crippen molar-refractivity contribution >= 4 is 29.0 Å². The third-order valence-electron chi connectivity index (χ3n) is 3.12. The number of nitrogens with zero attached hydrogens (tertiary/aromatic N) is 2. The summed E-state index contributed by atoms with van der Waals surface area (Å²) in [5.74, 6) is -0.207. The average molecular weight is 257 g/mol. The van der Waals surface area contributed by atoms with E-state index in [0.29, 0.717) is 19.4 Å². The minimum atomic E-state index is -0.669. The van der Waals surface area contributed by atoms with Crippen LogP contribution in [0.15, 0.2) is 0 Å². The van der Waals surface area contributed by atoms with Crippen LogP contribution in [0.2, 0.25) is 0 Å². The highest BCUT2D eigenvalue weighted by Crippen LogP contribution is 2.47. The molecule has 0 aromatic heterocycles. The van der Waals surface area contributed by atoms with Crippen LogP contribution in [-0.2, 0) is 9.59 Å². The zero-order valence-electron chi connectivity index (χ0n) is 10.5. The van der Waals surface area contributed by atoms with Crippen LogP contribution in [0.1, 0.15) is 19.8 Å².